The van der Waals surface area contributed by atoms with Gasteiger partial charge in [-0.1, -0.05) is 24.3 Å². The highest BCUT2D eigenvalue weighted by Crippen LogP contribution is 2.26. The third kappa shape index (κ3) is 5.72. The van der Waals surface area contributed by atoms with Gasteiger partial charge in [-0.25, -0.2) is 0 Å². The van der Waals surface area contributed by atoms with Gasteiger partial charge in [0.2, 0.25) is 5.91 Å². The summed E-state index contributed by atoms with van der Waals surface area (Å²) in [5.74, 6) is 0.714. The molecule has 0 aliphatic rings. The molecule has 0 spiro atoms. The van der Waals surface area contributed by atoms with Crippen LogP contribution in [0, 0.1) is 0 Å². The largest absolute Gasteiger partial charge is 0.497 e. The summed E-state index contributed by atoms with van der Waals surface area (Å²) >= 11 is 0. The van der Waals surface area contributed by atoms with Crippen molar-refractivity contribution in [3.8, 4) is 11.5 Å². The fourth-order valence-electron chi connectivity index (χ4n) is 2.74. The highest BCUT2D eigenvalue weighted by Gasteiger charge is 2.20. The maximum atomic E-state index is 12.5. The molecular formula is C21H26N2O5. The highest BCUT2D eigenvalue weighted by atomic mass is 16.5. The lowest BCUT2D eigenvalue weighted by Gasteiger charge is -2.21. The first-order chi connectivity index (χ1) is 13.5. The predicted octanol–water partition coefficient (Wildman–Crippen LogP) is 2.19. The molecule has 1 amide bonds. The van der Waals surface area contributed by atoms with Gasteiger partial charge in [-0.3, -0.25) is 9.59 Å². The van der Waals surface area contributed by atoms with E-state index >= 15 is 0 Å². The van der Waals surface area contributed by atoms with Crippen LogP contribution in [0.3, 0.4) is 0 Å². The van der Waals surface area contributed by atoms with E-state index in [1.807, 2.05) is 48.5 Å². The van der Waals surface area contributed by atoms with Gasteiger partial charge in [0.1, 0.15) is 17.5 Å². The molecule has 3 N–H and O–H groups in total. The first-order valence-electron chi connectivity index (χ1n) is 8.89. The van der Waals surface area contributed by atoms with Crippen LogP contribution >= 0.6 is 0 Å². The zero-order valence-electron chi connectivity index (χ0n) is 16.3. The number of nitrogens with one attached hydrogen (secondary N) is 1. The summed E-state index contributed by atoms with van der Waals surface area (Å²) in [5.41, 5.74) is 7.51. The van der Waals surface area contributed by atoms with Crippen molar-refractivity contribution in [1.29, 1.82) is 0 Å². The zero-order chi connectivity index (χ0) is 20.5. The Balaban J connectivity index is 2.17. The van der Waals surface area contributed by atoms with Crippen molar-refractivity contribution in [1.82, 2.24) is 5.32 Å². The van der Waals surface area contributed by atoms with Crippen LogP contribution in [0.5, 0.6) is 11.5 Å². The van der Waals surface area contributed by atoms with Gasteiger partial charge in [0.05, 0.1) is 27.4 Å². The fraction of sp³-hybridized carbons (Fsp3) is 0.333. The quantitative estimate of drug-likeness (QED) is 0.641. The Morgan fingerprint density at radius 3 is 1.75 bits per heavy atom. The first-order valence-corrected chi connectivity index (χ1v) is 8.89. The van der Waals surface area contributed by atoms with Crippen LogP contribution in [0.4, 0.5) is 0 Å². The minimum atomic E-state index is -0.823. The smallest absolute Gasteiger partial charge is 0.322 e. The molecule has 0 fully saturated rings. The van der Waals surface area contributed by atoms with E-state index in [-0.39, 0.29) is 24.8 Å². The van der Waals surface area contributed by atoms with E-state index in [1.54, 1.807) is 14.2 Å². The number of rotatable bonds is 9. The summed E-state index contributed by atoms with van der Waals surface area (Å²) in [4.78, 5) is 23.9. The third-order valence-corrected chi connectivity index (χ3v) is 4.39. The zero-order valence-corrected chi connectivity index (χ0v) is 16.3. The van der Waals surface area contributed by atoms with Gasteiger partial charge in [-0.2, -0.15) is 0 Å². The Bertz CT molecular complexity index is 727. The number of benzene rings is 2. The van der Waals surface area contributed by atoms with Crippen LogP contribution in [0.2, 0.25) is 0 Å². The molecule has 1 unspecified atom stereocenters. The minimum Gasteiger partial charge on any atom is -0.497 e. The molecular weight excluding hydrogens is 360 g/mol. The van der Waals surface area contributed by atoms with Gasteiger partial charge in [0.25, 0.3) is 0 Å². The summed E-state index contributed by atoms with van der Waals surface area (Å²) in [6, 6.07) is 13.8. The van der Waals surface area contributed by atoms with Crippen molar-refractivity contribution in [2.75, 3.05) is 21.3 Å². The van der Waals surface area contributed by atoms with Crippen LogP contribution in [-0.2, 0) is 14.3 Å². The SMILES string of the molecule is COC(=O)C(N)CCC(=O)NC(c1ccc(OC)cc1)c1ccc(OC)cc1. The Kier molecular flexibility index (Phi) is 7.83. The second-order valence-corrected chi connectivity index (χ2v) is 6.22. The van der Waals surface area contributed by atoms with Gasteiger partial charge in [-0.15, -0.1) is 0 Å². The van der Waals surface area contributed by atoms with Crippen LogP contribution in [0.15, 0.2) is 48.5 Å². The second-order valence-electron chi connectivity index (χ2n) is 6.22. The Morgan fingerprint density at radius 2 is 1.36 bits per heavy atom. The standard InChI is InChI=1S/C21H26N2O5/c1-26-16-8-4-14(5-9-16)20(15-6-10-17(27-2)11-7-15)23-19(24)13-12-18(22)21(25)28-3/h4-11,18,20H,12-13,22H2,1-3H3,(H,23,24). The Morgan fingerprint density at radius 1 is 0.893 bits per heavy atom. The van der Waals surface area contributed by atoms with E-state index in [1.165, 1.54) is 7.11 Å². The molecule has 0 radical (unpaired) electrons. The average Bonchev–Trinajstić information content (AvgIpc) is 2.75. The second kappa shape index (κ2) is 10.3. The maximum absolute atomic E-state index is 12.5. The van der Waals surface area contributed by atoms with E-state index in [0.29, 0.717) is 0 Å². The van der Waals surface area contributed by atoms with Gasteiger partial charge in [0.15, 0.2) is 0 Å². The normalized spacial score (nSPS) is 11.6. The van der Waals surface area contributed by atoms with Crippen molar-refractivity contribution < 1.29 is 23.8 Å². The Hall–Kier alpha value is -3.06. The topological polar surface area (TPSA) is 99.9 Å². The number of carbonyl (C=O) groups excluding carboxylic acids is 2. The molecule has 0 aliphatic heterocycles. The van der Waals surface area contributed by atoms with Crippen LogP contribution < -0.4 is 20.5 Å². The van der Waals surface area contributed by atoms with Crippen molar-refractivity contribution in [3.63, 3.8) is 0 Å². The molecule has 0 saturated heterocycles. The fourth-order valence-corrected chi connectivity index (χ4v) is 2.74. The molecule has 28 heavy (non-hydrogen) atoms. The van der Waals surface area contributed by atoms with E-state index in [0.717, 1.165) is 22.6 Å². The lowest BCUT2D eigenvalue weighted by atomic mass is 9.98. The number of carbonyl (C=O) groups is 2. The summed E-state index contributed by atoms with van der Waals surface area (Å²) in [7, 11) is 4.47. The molecule has 0 bridgehead atoms. The Labute approximate surface area is 164 Å². The number of methoxy groups -OCH3 is 3. The first kappa shape index (κ1) is 21.2. The lowest BCUT2D eigenvalue weighted by molar-refractivity contribution is -0.142. The molecule has 0 heterocycles. The molecule has 1 atom stereocenters. The molecule has 0 aliphatic carbocycles. The number of amides is 1. The van der Waals surface area contributed by atoms with Crippen LogP contribution in [-0.4, -0.2) is 39.2 Å². The van der Waals surface area contributed by atoms with E-state index in [9.17, 15) is 9.59 Å². The third-order valence-electron chi connectivity index (χ3n) is 4.39. The van der Waals surface area contributed by atoms with E-state index < -0.39 is 12.0 Å². The van der Waals surface area contributed by atoms with Crippen LogP contribution in [0.1, 0.15) is 30.0 Å². The summed E-state index contributed by atoms with van der Waals surface area (Å²) in [6.07, 6.45) is 0.315. The lowest BCUT2D eigenvalue weighted by Crippen LogP contribution is -2.35. The van der Waals surface area contributed by atoms with Gasteiger partial charge >= 0.3 is 5.97 Å². The molecule has 2 aromatic carbocycles. The van der Waals surface area contributed by atoms with Crippen molar-refractivity contribution in [3.05, 3.63) is 59.7 Å². The maximum Gasteiger partial charge on any atom is 0.322 e. The molecule has 2 aromatic rings. The molecule has 7 heteroatoms. The number of esters is 1. The monoisotopic (exact) mass is 386 g/mol. The summed E-state index contributed by atoms with van der Waals surface area (Å²) < 4.78 is 15.0. The summed E-state index contributed by atoms with van der Waals surface area (Å²) in [5, 5.41) is 3.01. The van der Waals surface area contributed by atoms with Gasteiger partial charge in [0, 0.05) is 6.42 Å². The average molecular weight is 386 g/mol. The molecule has 150 valence electrons. The minimum absolute atomic E-state index is 0.110. The van der Waals surface area contributed by atoms with Crippen LogP contribution in [0.25, 0.3) is 0 Å². The predicted molar refractivity (Wildman–Crippen MR) is 105 cm³/mol. The number of hydrogen-bond donors (Lipinski definition) is 2. The van der Waals surface area contributed by atoms with E-state index in [2.05, 4.69) is 10.1 Å². The van der Waals surface area contributed by atoms with Gasteiger partial charge in [-0.05, 0) is 41.8 Å². The number of hydrogen-bond acceptors (Lipinski definition) is 6. The van der Waals surface area contributed by atoms with Crippen molar-refractivity contribution >= 4 is 11.9 Å². The van der Waals surface area contributed by atoms with Gasteiger partial charge < -0.3 is 25.3 Å². The summed E-state index contributed by atoms with van der Waals surface area (Å²) in [6.45, 7) is 0. The molecule has 7 nitrogen and oxygen atoms in total. The number of ether oxygens (including phenoxy) is 3. The van der Waals surface area contributed by atoms with Crippen molar-refractivity contribution in [2.45, 2.75) is 24.9 Å². The molecule has 2 rings (SSSR count). The number of nitrogens with two attached hydrogens (primary N) is 1. The van der Waals surface area contributed by atoms with E-state index in [4.69, 9.17) is 15.2 Å². The molecule has 0 saturated carbocycles. The van der Waals surface area contributed by atoms with Crippen molar-refractivity contribution in [2.24, 2.45) is 5.73 Å². The highest BCUT2D eigenvalue weighted by molar-refractivity contribution is 5.79. The molecule has 0 aromatic heterocycles.